The van der Waals surface area contributed by atoms with Gasteiger partial charge in [0.2, 0.25) is 0 Å². The Morgan fingerprint density at radius 1 is 0.963 bits per heavy atom. The lowest BCUT2D eigenvalue weighted by molar-refractivity contribution is 0.0940. The highest BCUT2D eigenvalue weighted by Crippen LogP contribution is 2.40. The van der Waals surface area contributed by atoms with Crippen LogP contribution < -0.4 is 5.32 Å². The number of carbonyl (C=O) groups is 1. The molecule has 0 saturated heterocycles. The fourth-order valence-corrected chi connectivity index (χ4v) is 3.28. The Morgan fingerprint density at radius 3 is 1.81 bits per heavy atom. The predicted octanol–water partition coefficient (Wildman–Crippen LogP) is 6.24. The van der Waals surface area contributed by atoms with Gasteiger partial charge in [-0.05, 0) is 70.8 Å². The van der Waals surface area contributed by atoms with E-state index in [1.807, 2.05) is 31.2 Å². The normalized spacial score (nSPS) is 13.3. The molecular weight excluding hydrogens is 402 g/mol. The summed E-state index contributed by atoms with van der Waals surface area (Å²) in [6.07, 6.45) is 0. The van der Waals surface area contributed by atoms with E-state index in [0.29, 0.717) is 11.3 Å². The van der Waals surface area contributed by atoms with Gasteiger partial charge in [0.15, 0.2) is 0 Å². The monoisotopic (exact) mass is 431 g/mol. The second kappa shape index (κ2) is 7.67. The molecule has 146 valence electrons. The Kier molecular flexibility index (Phi) is 6.10. The van der Waals surface area contributed by atoms with Crippen LogP contribution in [0.3, 0.4) is 0 Å². The van der Waals surface area contributed by atoms with E-state index in [4.69, 9.17) is 0 Å². The average Bonchev–Trinajstić information content (AvgIpc) is 2.53. The lowest BCUT2D eigenvalue weighted by Gasteiger charge is -2.29. The lowest BCUT2D eigenvalue weighted by atomic mass is 9.78. The van der Waals surface area contributed by atoms with Gasteiger partial charge in [-0.3, -0.25) is 4.79 Å². The Labute approximate surface area is 171 Å². The Morgan fingerprint density at radius 2 is 1.41 bits per heavy atom. The third kappa shape index (κ3) is 5.13. The molecule has 0 spiro atoms. The van der Waals surface area contributed by atoms with E-state index in [1.54, 1.807) is 12.1 Å². The molecule has 0 aliphatic carbocycles. The van der Waals surface area contributed by atoms with Crippen LogP contribution in [-0.4, -0.2) is 11.0 Å². The van der Waals surface area contributed by atoms with E-state index in [2.05, 4.69) is 62.8 Å². The molecule has 0 radical (unpaired) electrons. The van der Waals surface area contributed by atoms with Crippen molar-refractivity contribution in [3.8, 4) is 5.75 Å². The number of halogens is 1. The average molecular weight is 432 g/mol. The number of carbonyl (C=O) groups excluding carboxylic acids is 1. The van der Waals surface area contributed by atoms with Gasteiger partial charge in [-0.25, -0.2) is 0 Å². The van der Waals surface area contributed by atoms with Crippen LogP contribution in [0.2, 0.25) is 0 Å². The zero-order valence-corrected chi connectivity index (χ0v) is 18.9. The van der Waals surface area contributed by atoms with Crippen LogP contribution in [-0.2, 0) is 10.8 Å². The van der Waals surface area contributed by atoms with E-state index in [-0.39, 0.29) is 22.8 Å². The second-order valence-corrected chi connectivity index (χ2v) is 10.1. The number of hydrogen-bond donors (Lipinski definition) is 2. The van der Waals surface area contributed by atoms with Crippen molar-refractivity contribution in [1.29, 1.82) is 0 Å². The fraction of sp³-hybridized carbons (Fsp3) is 0.435. The van der Waals surface area contributed by atoms with Crippen molar-refractivity contribution in [1.82, 2.24) is 5.32 Å². The maximum Gasteiger partial charge on any atom is 0.251 e. The second-order valence-electron chi connectivity index (χ2n) is 9.17. The van der Waals surface area contributed by atoms with E-state index >= 15 is 0 Å². The summed E-state index contributed by atoms with van der Waals surface area (Å²) in [4.78, 5) is 12.6. The summed E-state index contributed by atoms with van der Waals surface area (Å²) in [5, 5.41) is 13.9. The Hall–Kier alpha value is -1.81. The first-order valence-electron chi connectivity index (χ1n) is 9.25. The number of benzene rings is 2. The number of amides is 1. The van der Waals surface area contributed by atoms with Gasteiger partial charge in [0.1, 0.15) is 5.75 Å². The van der Waals surface area contributed by atoms with E-state index < -0.39 is 0 Å². The predicted molar refractivity (Wildman–Crippen MR) is 116 cm³/mol. The zero-order chi connectivity index (χ0) is 20.6. The maximum absolute atomic E-state index is 12.6. The van der Waals surface area contributed by atoms with Gasteiger partial charge >= 0.3 is 0 Å². The molecule has 0 heterocycles. The standard InChI is InChI=1S/C23H30BrNO2/c1-14(25-21(27)15-8-10-17(24)11-9-15)16-12-18(22(2,3)4)20(26)19(13-16)23(5,6)7/h8-14,26H,1-7H3,(H,25,27)/t14-/m0/s1. The number of aromatic hydroxyl groups is 1. The molecule has 0 bridgehead atoms. The van der Waals surface area contributed by atoms with Crippen LogP contribution in [0, 0.1) is 0 Å². The zero-order valence-electron chi connectivity index (χ0n) is 17.3. The van der Waals surface area contributed by atoms with Crippen LogP contribution in [0.15, 0.2) is 40.9 Å². The van der Waals surface area contributed by atoms with Crippen LogP contribution in [0.4, 0.5) is 0 Å². The summed E-state index contributed by atoms with van der Waals surface area (Å²) in [7, 11) is 0. The highest BCUT2D eigenvalue weighted by Gasteiger charge is 2.27. The number of rotatable bonds is 3. The highest BCUT2D eigenvalue weighted by molar-refractivity contribution is 9.10. The summed E-state index contributed by atoms with van der Waals surface area (Å²) in [6.45, 7) is 14.5. The SMILES string of the molecule is C[C@H](NC(=O)c1ccc(Br)cc1)c1cc(C(C)(C)C)c(O)c(C(C)(C)C)c1. The summed E-state index contributed by atoms with van der Waals surface area (Å²) in [5.74, 6) is 0.239. The molecule has 2 rings (SSSR count). The van der Waals surface area contributed by atoms with Crippen LogP contribution in [0.1, 0.15) is 81.6 Å². The minimum atomic E-state index is -0.199. The Balaban J connectivity index is 2.41. The van der Waals surface area contributed by atoms with Crippen molar-refractivity contribution in [2.75, 3.05) is 0 Å². The van der Waals surface area contributed by atoms with Crippen LogP contribution in [0.25, 0.3) is 0 Å². The van der Waals surface area contributed by atoms with Gasteiger partial charge in [0.25, 0.3) is 5.91 Å². The summed E-state index contributed by atoms with van der Waals surface area (Å²) >= 11 is 3.39. The molecule has 0 unspecified atom stereocenters. The smallest absolute Gasteiger partial charge is 0.251 e. The molecule has 4 heteroatoms. The lowest BCUT2D eigenvalue weighted by Crippen LogP contribution is -2.27. The van der Waals surface area contributed by atoms with Gasteiger partial charge in [-0.1, -0.05) is 57.5 Å². The van der Waals surface area contributed by atoms with Crippen LogP contribution >= 0.6 is 15.9 Å². The maximum atomic E-state index is 12.6. The third-order valence-corrected chi connectivity index (χ3v) is 5.23. The van der Waals surface area contributed by atoms with E-state index in [0.717, 1.165) is 21.2 Å². The minimum Gasteiger partial charge on any atom is -0.507 e. The van der Waals surface area contributed by atoms with E-state index in [1.165, 1.54) is 0 Å². The number of nitrogens with one attached hydrogen (secondary N) is 1. The third-order valence-electron chi connectivity index (χ3n) is 4.70. The van der Waals surface area contributed by atoms with Crippen molar-refractivity contribution < 1.29 is 9.90 Å². The summed E-state index contributed by atoms with van der Waals surface area (Å²) < 4.78 is 0.940. The van der Waals surface area contributed by atoms with Crippen molar-refractivity contribution in [3.05, 3.63) is 63.1 Å². The molecular formula is C23H30BrNO2. The fourth-order valence-electron chi connectivity index (χ4n) is 3.01. The molecule has 2 N–H and O–H groups in total. The Bertz CT molecular complexity index is 792. The first kappa shape index (κ1) is 21.5. The first-order chi connectivity index (χ1) is 12.3. The molecule has 27 heavy (non-hydrogen) atoms. The molecule has 2 aromatic rings. The van der Waals surface area contributed by atoms with Gasteiger partial charge < -0.3 is 10.4 Å². The van der Waals surface area contributed by atoms with E-state index in [9.17, 15) is 9.90 Å². The molecule has 0 aromatic heterocycles. The summed E-state index contributed by atoms with van der Waals surface area (Å²) in [5.41, 5.74) is 3.01. The molecule has 3 nitrogen and oxygen atoms in total. The molecule has 2 aromatic carbocycles. The van der Waals surface area contributed by atoms with Gasteiger partial charge in [0.05, 0.1) is 6.04 Å². The van der Waals surface area contributed by atoms with Crippen molar-refractivity contribution in [3.63, 3.8) is 0 Å². The van der Waals surface area contributed by atoms with Crippen molar-refractivity contribution >= 4 is 21.8 Å². The molecule has 1 amide bonds. The van der Waals surface area contributed by atoms with Gasteiger partial charge in [0, 0.05) is 10.0 Å². The molecule has 0 fully saturated rings. The summed E-state index contributed by atoms with van der Waals surface area (Å²) in [6, 6.07) is 11.2. The number of hydrogen-bond acceptors (Lipinski definition) is 2. The van der Waals surface area contributed by atoms with Gasteiger partial charge in [-0.2, -0.15) is 0 Å². The number of phenols is 1. The molecule has 1 atom stereocenters. The molecule has 0 aliphatic rings. The highest BCUT2D eigenvalue weighted by atomic mass is 79.9. The van der Waals surface area contributed by atoms with Gasteiger partial charge in [-0.15, -0.1) is 0 Å². The molecule has 0 aliphatic heterocycles. The van der Waals surface area contributed by atoms with Crippen LogP contribution in [0.5, 0.6) is 5.75 Å². The minimum absolute atomic E-state index is 0.113. The molecule has 0 saturated carbocycles. The number of phenolic OH excluding ortho intramolecular Hbond substituents is 1. The topological polar surface area (TPSA) is 49.3 Å². The first-order valence-corrected chi connectivity index (χ1v) is 10.0. The largest absolute Gasteiger partial charge is 0.507 e. The quantitative estimate of drug-likeness (QED) is 0.603. The van der Waals surface area contributed by atoms with Crippen molar-refractivity contribution in [2.24, 2.45) is 0 Å². The van der Waals surface area contributed by atoms with Crippen molar-refractivity contribution in [2.45, 2.75) is 65.3 Å².